The Hall–Kier alpha value is -2.40. The number of hydrogen-bond donors (Lipinski definition) is 0. The van der Waals surface area contributed by atoms with E-state index in [1.54, 1.807) is 12.8 Å². The molecule has 4 saturated carbocycles. The van der Waals surface area contributed by atoms with Crippen molar-refractivity contribution in [1.82, 2.24) is 0 Å². The maximum absolute atomic E-state index is 14.0. The van der Waals surface area contributed by atoms with E-state index in [9.17, 15) is 9.59 Å². The van der Waals surface area contributed by atoms with Crippen molar-refractivity contribution in [2.75, 3.05) is 0 Å². The van der Waals surface area contributed by atoms with E-state index in [1.165, 1.54) is 0 Å². The van der Waals surface area contributed by atoms with Crippen molar-refractivity contribution in [3.63, 3.8) is 0 Å². The Morgan fingerprint density at radius 2 is 0.549 bits per heavy atom. The molecular weight excluding hydrogens is 702 g/mol. The molecular formula is C46H36FeO2P2+2. The Morgan fingerprint density at radius 3 is 0.784 bits per heavy atom. The van der Waals surface area contributed by atoms with Crippen LogP contribution in [0.1, 0.15) is 0 Å². The van der Waals surface area contributed by atoms with Gasteiger partial charge in [-0.15, -0.1) is 0 Å². The van der Waals surface area contributed by atoms with Crippen LogP contribution < -0.4 is 21.2 Å². The van der Waals surface area contributed by atoms with Gasteiger partial charge in [-0.1, -0.05) is 121 Å². The van der Waals surface area contributed by atoms with Crippen LogP contribution >= 0.6 is 15.8 Å². The first kappa shape index (κ1) is 39.8. The third-order valence-electron chi connectivity index (χ3n) is 7.93. The Bertz CT molecular complexity index is 1360. The van der Waals surface area contributed by atoms with Crippen LogP contribution in [0.5, 0.6) is 0 Å². The van der Waals surface area contributed by atoms with Crippen LogP contribution in [0, 0.1) is 126 Å². The zero-order valence-corrected chi connectivity index (χ0v) is 30.7. The van der Waals surface area contributed by atoms with Crippen LogP contribution in [0.4, 0.5) is 0 Å². The van der Waals surface area contributed by atoms with Crippen LogP contribution in [-0.2, 0) is 26.7 Å². The maximum atomic E-state index is 14.0. The summed E-state index contributed by atoms with van der Waals surface area (Å²) in [5, 5.41) is 4.56. The average molecular weight is 739 g/mol. The zero-order valence-electron chi connectivity index (χ0n) is 27.8. The smallest absolute Gasteiger partial charge is 0.290 e. The van der Waals surface area contributed by atoms with Crippen molar-refractivity contribution >= 4 is 48.6 Å². The fourth-order valence-corrected chi connectivity index (χ4v) is 10.5. The minimum absolute atomic E-state index is 0. The SMILES string of the molecule is O=C([C]1[CH][CH][CH][C]1P(c1ccccc1)c1ccccc1)C(=O)[C]1[CH][CH][CH][C]1P(c1ccccc1)c1ccccc1.[CH]1[CH][CH][CH][CH]1.[CH]1[CH][CH][CH][CH]1.[Fe+2]. The number of ketones is 2. The predicted molar refractivity (Wildman–Crippen MR) is 210 cm³/mol. The third-order valence-corrected chi connectivity index (χ3v) is 12.9. The van der Waals surface area contributed by atoms with Gasteiger partial charge < -0.3 is 0 Å². The third kappa shape index (κ3) is 10.8. The number of Topliss-reactive ketones (excluding diaryl/α,β-unsaturated/α-hetero) is 2. The fraction of sp³-hybridized carbons (Fsp3) is 0. The Kier molecular flexibility index (Phi) is 16.7. The summed E-state index contributed by atoms with van der Waals surface area (Å²) < 4.78 is 0. The van der Waals surface area contributed by atoms with E-state index in [4.69, 9.17) is 0 Å². The summed E-state index contributed by atoms with van der Waals surface area (Å²) in [5.41, 5.74) is 1.82. The Labute approximate surface area is 321 Å². The molecule has 2 nitrogen and oxygen atoms in total. The van der Waals surface area contributed by atoms with Gasteiger partial charge in [-0.05, 0) is 140 Å². The molecule has 4 aromatic rings. The van der Waals surface area contributed by atoms with Gasteiger partial charge in [0.25, 0.3) is 0 Å². The summed E-state index contributed by atoms with van der Waals surface area (Å²) in [5.74, 6) is 0.0604. The van der Waals surface area contributed by atoms with E-state index in [1.807, 2.05) is 163 Å². The van der Waals surface area contributed by atoms with Crippen LogP contribution in [0.15, 0.2) is 121 Å². The maximum Gasteiger partial charge on any atom is 2.00 e. The number of hydrogen-bond acceptors (Lipinski definition) is 2. The molecule has 0 bridgehead atoms. The van der Waals surface area contributed by atoms with Gasteiger partial charge in [-0.3, -0.25) is 9.59 Å². The molecule has 0 spiro atoms. The predicted octanol–water partition coefficient (Wildman–Crippen LogP) is 7.90. The molecule has 0 atom stereocenters. The van der Waals surface area contributed by atoms with E-state index in [0.29, 0.717) is 11.8 Å². The number of benzene rings is 4. The van der Waals surface area contributed by atoms with Crippen molar-refractivity contribution in [3.8, 4) is 0 Å². The molecule has 0 saturated heterocycles. The molecule has 4 aliphatic carbocycles. The van der Waals surface area contributed by atoms with Gasteiger partial charge in [0, 0.05) is 11.3 Å². The monoisotopic (exact) mass is 738 g/mol. The van der Waals surface area contributed by atoms with Crippen molar-refractivity contribution in [1.29, 1.82) is 0 Å². The summed E-state index contributed by atoms with van der Waals surface area (Å²) in [6, 6.07) is 41.0. The van der Waals surface area contributed by atoms with E-state index in [0.717, 1.165) is 32.5 Å². The molecule has 51 heavy (non-hydrogen) atoms. The summed E-state index contributed by atoms with van der Waals surface area (Å²) >= 11 is 0. The second-order valence-corrected chi connectivity index (χ2v) is 15.6. The molecule has 248 valence electrons. The molecule has 5 heteroatoms. The van der Waals surface area contributed by atoms with Crippen molar-refractivity contribution < 1.29 is 26.7 Å². The van der Waals surface area contributed by atoms with Crippen molar-refractivity contribution in [3.05, 3.63) is 247 Å². The summed E-state index contributed by atoms with van der Waals surface area (Å²) in [4.78, 5) is 28.0. The fourth-order valence-electron chi connectivity index (χ4n) is 5.64. The topological polar surface area (TPSA) is 34.1 Å². The van der Waals surface area contributed by atoms with Crippen LogP contribution in [0.25, 0.3) is 0 Å². The summed E-state index contributed by atoms with van der Waals surface area (Å²) in [6.07, 6.45) is 31.4. The molecule has 20 radical (unpaired) electrons. The average Bonchev–Trinajstić information content (AvgIpc) is 4.04. The second kappa shape index (κ2) is 21.3. The van der Waals surface area contributed by atoms with E-state index >= 15 is 0 Å². The van der Waals surface area contributed by atoms with Crippen LogP contribution in [-0.4, -0.2) is 11.6 Å². The first-order valence-corrected chi connectivity index (χ1v) is 19.1. The molecule has 4 aliphatic rings. The largest absolute Gasteiger partial charge is 2.00 e. The van der Waals surface area contributed by atoms with Gasteiger partial charge in [-0.25, -0.2) is 0 Å². The first-order chi connectivity index (χ1) is 24.7. The molecule has 4 fully saturated rings. The van der Waals surface area contributed by atoms with Gasteiger partial charge in [-0.2, -0.15) is 0 Å². The first-order valence-electron chi connectivity index (χ1n) is 16.5. The number of carbonyl (C=O) groups excluding carboxylic acids is 2. The molecule has 0 N–H and O–H groups in total. The quantitative estimate of drug-likeness (QED) is 0.0995. The van der Waals surface area contributed by atoms with Gasteiger partial charge in [0.1, 0.15) is 0 Å². The van der Waals surface area contributed by atoms with Crippen LogP contribution in [0.3, 0.4) is 0 Å². The number of rotatable bonds is 9. The minimum atomic E-state index is -1.01. The summed E-state index contributed by atoms with van der Waals surface area (Å²) in [6.45, 7) is 0. The Balaban J connectivity index is 0.000000395. The van der Waals surface area contributed by atoms with E-state index in [2.05, 4.69) is 48.5 Å². The summed E-state index contributed by atoms with van der Waals surface area (Å²) in [7, 11) is -2.01. The number of carbonyl (C=O) groups is 2. The minimum Gasteiger partial charge on any atom is -0.290 e. The Morgan fingerprint density at radius 1 is 0.314 bits per heavy atom. The zero-order chi connectivity index (χ0) is 34.4. The van der Waals surface area contributed by atoms with Crippen molar-refractivity contribution in [2.24, 2.45) is 0 Å². The van der Waals surface area contributed by atoms with Gasteiger partial charge in [0.15, 0.2) is 0 Å². The molecule has 8 rings (SSSR count). The second-order valence-electron chi connectivity index (χ2n) is 11.2. The van der Waals surface area contributed by atoms with Crippen LogP contribution in [0.2, 0.25) is 0 Å². The van der Waals surface area contributed by atoms with Crippen molar-refractivity contribution in [2.45, 2.75) is 0 Å². The van der Waals surface area contributed by atoms with E-state index < -0.39 is 27.4 Å². The molecule has 0 heterocycles. The molecule has 0 unspecified atom stereocenters. The van der Waals surface area contributed by atoms with Gasteiger partial charge in [0.05, 0.1) is 11.8 Å². The molecule has 0 amide bonds. The van der Waals surface area contributed by atoms with Gasteiger partial charge >= 0.3 is 17.1 Å². The van der Waals surface area contributed by atoms with E-state index in [-0.39, 0.29) is 17.1 Å². The molecule has 0 aromatic heterocycles. The molecule has 0 aliphatic heterocycles. The standard InChI is InChI=1S/C36H26O2P2.2C5H5.Fe/c37-35(31-23-13-25-33(31)39(27-15-5-1-6-16-27)28-17-7-2-8-18-28)36(38)32-24-14-26-34(32)40(29-19-9-3-10-20-29)30-21-11-4-12-22-30;2*1-2-4-5-3-1;/h1-26H;2*1-5H;/q;;;+2. The van der Waals surface area contributed by atoms with Gasteiger partial charge in [0.2, 0.25) is 11.6 Å². The normalized spacial score (nSPS) is 18.2. The molecule has 4 aromatic carbocycles.